The molecule has 0 bridgehead atoms. The van der Waals surface area contributed by atoms with E-state index in [-0.39, 0.29) is 5.91 Å². The van der Waals surface area contributed by atoms with Gasteiger partial charge in [0.2, 0.25) is 5.13 Å². The molecule has 0 spiro atoms. The van der Waals surface area contributed by atoms with Gasteiger partial charge in [0, 0.05) is 17.6 Å². The number of likely N-dealkylation sites (N-methyl/N-ethyl adjacent to an activating group) is 1. The second-order valence-corrected chi connectivity index (χ2v) is 7.21. The minimum Gasteiger partial charge on any atom is -0.399 e. The van der Waals surface area contributed by atoms with Crippen molar-refractivity contribution in [2.75, 3.05) is 12.3 Å². The number of hydrogen-bond donors (Lipinski definition) is 1. The van der Waals surface area contributed by atoms with Crippen LogP contribution in [-0.4, -0.2) is 27.5 Å². The lowest BCUT2D eigenvalue weighted by Gasteiger charge is -2.11. The van der Waals surface area contributed by atoms with E-state index in [4.69, 9.17) is 5.73 Å². The Morgan fingerprint density at radius 1 is 1.33 bits per heavy atom. The molecule has 0 saturated carbocycles. The van der Waals surface area contributed by atoms with Crippen LogP contribution >= 0.6 is 23.1 Å². The van der Waals surface area contributed by atoms with Crippen molar-refractivity contribution in [2.24, 2.45) is 4.99 Å². The normalized spacial score (nSPS) is 18.5. The van der Waals surface area contributed by atoms with Crippen LogP contribution in [0.25, 0.3) is 5.57 Å². The molecular formula is C17H18N4OS2. The second kappa shape index (κ2) is 6.78. The number of carbonyl (C=O) groups excluding carboxylic acids is 1. The monoisotopic (exact) mass is 358 g/mol. The maximum Gasteiger partial charge on any atom is 0.267 e. The molecule has 1 aliphatic rings. The van der Waals surface area contributed by atoms with E-state index in [2.05, 4.69) is 9.98 Å². The third-order valence-electron chi connectivity index (χ3n) is 3.66. The number of rotatable bonds is 3. The molecule has 1 fully saturated rings. The van der Waals surface area contributed by atoms with Gasteiger partial charge in [0.05, 0.1) is 10.6 Å². The number of amides is 1. The van der Waals surface area contributed by atoms with E-state index in [0.717, 1.165) is 16.8 Å². The largest absolute Gasteiger partial charge is 0.399 e. The maximum atomic E-state index is 12.7. The lowest BCUT2D eigenvalue weighted by Crippen LogP contribution is -2.28. The first kappa shape index (κ1) is 16.7. The molecule has 24 heavy (non-hydrogen) atoms. The molecule has 1 aromatic heterocycles. The van der Waals surface area contributed by atoms with E-state index in [1.54, 1.807) is 4.90 Å². The molecule has 1 amide bonds. The minimum absolute atomic E-state index is 0.0103. The summed E-state index contributed by atoms with van der Waals surface area (Å²) in [5, 5.41) is 3.31. The fraction of sp³-hybridized carbons (Fsp3) is 0.235. The van der Waals surface area contributed by atoms with E-state index in [1.165, 1.54) is 23.1 Å². The molecule has 2 aromatic rings. The lowest BCUT2D eigenvalue weighted by atomic mass is 10.1. The van der Waals surface area contributed by atoms with Crippen LogP contribution in [-0.2, 0) is 4.79 Å². The number of thioether (sulfide) groups is 1. The van der Waals surface area contributed by atoms with Crippen molar-refractivity contribution in [3.05, 3.63) is 45.8 Å². The third-order valence-corrected chi connectivity index (χ3v) is 5.69. The summed E-state index contributed by atoms with van der Waals surface area (Å²) < 4.78 is 0. The van der Waals surface area contributed by atoms with Gasteiger partial charge in [0.15, 0.2) is 5.17 Å². The summed E-state index contributed by atoms with van der Waals surface area (Å²) >= 11 is 2.88. The predicted molar refractivity (Wildman–Crippen MR) is 102 cm³/mol. The van der Waals surface area contributed by atoms with Crippen LogP contribution in [0.4, 0.5) is 10.8 Å². The number of benzene rings is 1. The molecule has 0 unspecified atom stereocenters. The Labute approximate surface area is 149 Å². The Morgan fingerprint density at radius 3 is 2.62 bits per heavy atom. The fourth-order valence-electron chi connectivity index (χ4n) is 2.34. The number of nitrogens with zero attached hydrogens (tertiary/aromatic N) is 3. The van der Waals surface area contributed by atoms with Crippen LogP contribution in [0.5, 0.6) is 0 Å². The number of amidine groups is 1. The van der Waals surface area contributed by atoms with Gasteiger partial charge in [-0.25, -0.2) is 4.98 Å². The molecule has 5 nitrogen and oxygen atoms in total. The van der Waals surface area contributed by atoms with Gasteiger partial charge in [-0.3, -0.25) is 9.69 Å². The zero-order valence-corrected chi connectivity index (χ0v) is 15.4. The van der Waals surface area contributed by atoms with Gasteiger partial charge in [-0.05, 0) is 55.8 Å². The predicted octanol–water partition coefficient (Wildman–Crippen LogP) is 4.05. The van der Waals surface area contributed by atoms with Gasteiger partial charge < -0.3 is 5.73 Å². The second-order valence-electron chi connectivity index (χ2n) is 5.39. The van der Waals surface area contributed by atoms with Gasteiger partial charge in [0.1, 0.15) is 0 Å². The summed E-state index contributed by atoms with van der Waals surface area (Å²) in [6.07, 6.45) is 0. The highest BCUT2D eigenvalue weighted by molar-refractivity contribution is 8.18. The first-order valence-corrected chi connectivity index (χ1v) is 9.26. The summed E-state index contributed by atoms with van der Waals surface area (Å²) in [4.78, 5) is 24.1. The average Bonchev–Trinajstić information content (AvgIpc) is 3.11. The SMILES string of the molecule is CCN1C(=O)/C(=C(\C)c2ccc(N)cc2)S/C1=N/c1nc(C)cs1. The standard InChI is InChI=1S/C17H18N4OS2/c1-4-21-15(22)14(11(3)12-5-7-13(18)8-6-12)24-17(21)20-16-19-10(2)9-23-16/h5-9H,4,18H2,1-3H3/b14-11-,20-17+. The van der Waals surface area contributed by atoms with Crippen molar-refractivity contribution >= 4 is 50.6 Å². The number of aromatic nitrogens is 1. The molecule has 7 heteroatoms. The summed E-state index contributed by atoms with van der Waals surface area (Å²) in [6, 6.07) is 7.55. The van der Waals surface area contributed by atoms with Crippen molar-refractivity contribution in [1.29, 1.82) is 0 Å². The zero-order chi connectivity index (χ0) is 17.3. The Kier molecular flexibility index (Phi) is 4.73. The van der Waals surface area contributed by atoms with E-state index in [9.17, 15) is 4.79 Å². The molecule has 1 aromatic carbocycles. The minimum atomic E-state index is -0.0103. The van der Waals surface area contributed by atoms with E-state index in [1.807, 2.05) is 50.4 Å². The number of nitrogen functional groups attached to an aromatic ring is 1. The number of allylic oxidation sites excluding steroid dienone is 1. The molecule has 124 valence electrons. The molecule has 2 N–H and O–H groups in total. The molecular weight excluding hydrogens is 340 g/mol. The molecule has 0 radical (unpaired) electrons. The van der Waals surface area contributed by atoms with Gasteiger partial charge in [0.25, 0.3) is 5.91 Å². The molecule has 3 rings (SSSR count). The highest BCUT2D eigenvalue weighted by Crippen LogP contribution is 2.38. The number of anilines is 1. The first-order chi connectivity index (χ1) is 11.5. The highest BCUT2D eigenvalue weighted by Gasteiger charge is 2.34. The average molecular weight is 358 g/mol. The van der Waals surface area contributed by atoms with Crippen LogP contribution in [0.3, 0.4) is 0 Å². The third kappa shape index (κ3) is 3.22. The van der Waals surface area contributed by atoms with Gasteiger partial charge in [-0.2, -0.15) is 4.99 Å². The summed E-state index contributed by atoms with van der Waals surface area (Å²) in [7, 11) is 0. The highest BCUT2D eigenvalue weighted by atomic mass is 32.2. The smallest absolute Gasteiger partial charge is 0.267 e. The van der Waals surface area contributed by atoms with Gasteiger partial charge in [-0.15, -0.1) is 11.3 Å². The zero-order valence-electron chi connectivity index (χ0n) is 13.7. The molecule has 1 aliphatic heterocycles. The Balaban J connectivity index is 1.98. The van der Waals surface area contributed by atoms with Crippen LogP contribution in [0, 0.1) is 6.92 Å². The molecule has 0 aliphatic carbocycles. The number of carbonyl (C=O) groups is 1. The molecule has 0 atom stereocenters. The quantitative estimate of drug-likeness (QED) is 0.664. The van der Waals surface area contributed by atoms with Crippen LogP contribution in [0.15, 0.2) is 39.5 Å². The van der Waals surface area contributed by atoms with E-state index < -0.39 is 0 Å². The molecule has 1 saturated heterocycles. The van der Waals surface area contributed by atoms with Crippen LogP contribution in [0.1, 0.15) is 25.1 Å². The topological polar surface area (TPSA) is 71.6 Å². The van der Waals surface area contributed by atoms with Gasteiger partial charge >= 0.3 is 0 Å². The number of aliphatic imine (C=N–C) groups is 1. The van der Waals surface area contributed by atoms with Crippen molar-refractivity contribution in [3.63, 3.8) is 0 Å². The Hall–Kier alpha value is -2.12. The van der Waals surface area contributed by atoms with Crippen molar-refractivity contribution in [2.45, 2.75) is 20.8 Å². The van der Waals surface area contributed by atoms with Crippen LogP contribution in [0.2, 0.25) is 0 Å². The summed E-state index contributed by atoms with van der Waals surface area (Å²) in [6.45, 7) is 6.41. The number of thiazole rings is 1. The molecule has 2 heterocycles. The fourth-order valence-corrected chi connectivity index (χ4v) is 4.17. The number of aryl methyl sites for hydroxylation is 1. The Bertz CT molecular complexity index is 837. The van der Waals surface area contributed by atoms with Crippen LogP contribution < -0.4 is 5.73 Å². The number of nitrogens with two attached hydrogens (primary N) is 1. The maximum absolute atomic E-state index is 12.7. The van der Waals surface area contributed by atoms with E-state index in [0.29, 0.717) is 27.4 Å². The van der Waals surface area contributed by atoms with E-state index >= 15 is 0 Å². The Morgan fingerprint density at radius 2 is 2.04 bits per heavy atom. The van der Waals surface area contributed by atoms with Crippen molar-refractivity contribution < 1.29 is 4.79 Å². The van der Waals surface area contributed by atoms with Crippen molar-refractivity contribution in [3.8, 4) is 0 Å². The van der Waals surface area contributed by atoms with Gasteiger partial charge in [-0.1, -0.05) is 12.1 Å². The number of hydrogen-bond acceptors (Lipinski definition) is 6. The summed E-state index contributed by atoms with van der Waals surface area (Å²) in [5.41, 5.74) is 9.31. The summed E-state index contributed by atoms with van der Waals surface area (Å²) in [5.74, 6) is -0.0103. The van der Waals surface area contributed by atoms with Crippen molar-refractivity contribution in [1.82, 2.24) is 9.88 Å². The lowest BCUT2D eigenvalue weighted by molar-refractivity contribution is -0.122. The first-order valence-electron chi connectivity index (χ1n) is 7.57.